The highest BCUT2D eigenvalue weighted by Crippen LogP contribution is 2.36. The lowest BCUT2D eigenvalue weighted by atomic mass is 9.98. The molecule has 26 heavy (non-hydrogen) atoms. The van der Waals surface area contributed by atoms with Gasteiger partial charge in [-0.05, 0) is 58.2 Å². The van der Waals surface area contributed by atoms with Crippen LogP contribution in [0.25, 0.3) is 0 Å². The third-order valence-electron chi connectivity index (χ3n) is 4.39. The van der Waals surface area contributed by atoms with E-state index in [0.29, 0.717) is 6.54 Å². The fraction of sp³-hybridized carbons (Fsp3) is 0.650. The predicted octanol–water partition coefficient (Wildman–Crippen LogP) is 3.37. The Bertz CT molecular complexity index is 611. The summed E-state index contributed by atoms with van der Waals surface area (Å²) in [5, 5.41) is 2.81. The van der Waals surface area contributed by atoms with Crippen LogP contribution in [0.4, 0.5) is 4.79 Å². The lowest BCUT2D eigenvalue weighted by Gasteiger charge is -2.30. The average molecular weight is 364 g/mol. The van der Waals surface area contributed by atoms with Gasteiger partial charge in [0.15, 0.2) is 11.5 Å². The SMILES string of the molecule is COc1ccc2c(c1OC)CCN(CCCCNC(=O)OC(C)(C)C)C2. The molecule has 0 saturated carbocycles. The highest BCUT2D eigenvalue weighted by atomic mass is 16.6. The Hall–Kier alpha value is -1.95. The molecular formula is C20H32N2O4. The van der Waals surface area contributed by atoms with Gasteiger partial charge in [0.2, 0.25) is 0 Å². The molecule has 146 valence electrons. The summed E-state index contributed by atoms with van der Waals surface area (Å²) in [6.07, 6.45) is 2.60. The first-order valence-electron chi connectivity index (χ1n) is 9.26. The molecule has 1 aliphatic heterocycles. The van der Waals surface area contributed by atoms with Crippen LogP contribution < -0.4 is 14.8 Å². The number of amides is 1. The third-order valence-corrected chi connectivity index (χ3v) is 4.39. The van der Waals surface area contributed by atoms with Gasteiger partial charge in [0, 0.05) is 25.2 Å². The average Bonchev–Trinajstić information content (AvgIpc) is 2.58. The van der Waals surface area contributed by atoms with Gasteiger partial charge in [0.25, 0.3) is 0 Å². The van der Waals surface area contributed by atoms with E-state index in [9.17, 15) is 4.79 Å². The van der Waals surface area contributed by atoms with Crippen molar-refractivity contribution in [1.29, 1.82) is 0 Å². The molecule has 0 radical (unpaired) electrons. The Labute approximate surface area is 156 Å². The van der Waals surface area contributed by atoms with Gasteiger partial charge in [-0.25, -0.2) is 4.79 Å². The summed E-state index contributed by atoms with van der Waals surface area (Å²) in [5.74, 6) is 1.67. The van der Waals surface area contributed by atoms with Crippen LogP contribution in [0.5, 0.6) is 11.5 Å². The maximum Gasteiger partial charge on any atom is 0.407 e. The molecule has 0 saturated heterocycles. The van der Waals surface area contributed by atoms with Crippen molar-refractivity contribution in [2.45, 2.75) is 52.2 Å². The zero-order valence-corrected chi connectivity index (χ0v) is 16.7. The number of alkyl carbamates (subject to hydrolysis) is 1. The van der Waals surface area contributed by atoms with Crippen LogP contribution in [0.3, 0.4) is 0 Å². The van der Waals surface area contributed by atoms with Crippen LogP contribution in [-0.4, -0.2) is 50.4 Å². The van der Waals surface area contributed by atoms with Crippen molar-refractivity contribution in [1.82, 2.24) is 10.2 Å². The molecule has 2 rings (SSSR count). The van der Waals surface area contributed by atoms with E-state index in [4.69, 9.17) is 14.2 Å². The molecule has 0 unspecified atom stereocenters. The van der Waals surface area contributed by atoms with E-state index >= 15 is 0 Å². The van der Waals surface area contributed by atoms with Crippen LogP contribution >= 0.6 is 0 Å². The number of benzene rings is 1. The summed E-state index contributed by atoms with van der Waals surface area (Å²) >= 11 is 0. The van der Waals surface area contributed by atoms with Gasteiger partial charge in [-0.2, -0.15) is 0 Å². The van der Waals surface area contributed by atoms with Crippen molar-refractivity contribution in [2.24, 2.45) is 0 Å². The topological polar surface area (TPSA) is 60.0 Å². The van der Waals surface area contributed by atoms with E-state index in [-0.39, 0.29) is 6.09 Å². The molecule has 1 N–H and O–H groups in total. The van der Waals surface area contributed by atoms with Crippen molar-refractivity contribution in [2.75, 3.05) is 33.9 Å². The van der Waals surface area contributed by atoms with Gasteiger partial charge in [-0.3, -0.25) is 4.90 Å². The van der Waals surface area contributed by atoms with Gasteiger partial charge in [-0.15, -0.1) is 0 Å². The maximum atomic E-state index is 11.6. The van der Waals surface area contributed by atoms with E-state index in [2.05, 4.69) is 16.3 Å². The van der Waals surface area contributed by atoms with Crippen molar-refractivity contribution in [3.63, 3.8) is 0 Å². The zero-order chi connectivity index (χ0) is 19.2. The first-order valence-corrected chi connectivity index (χ1v) is 9.26. The quantitative estimate of drug-likeness (QED) is 0.752. The molecule has 6 heteroatoms. The zero-order valence-electron chi connectivity index (χ0n) is 16.7. The lowest BCUT2D eigenvalue weighted by Crippen LogP contribution is -2.34. The number of unbranched alkanes of at least 4 members (excludes halogenated alkanes) is 1. The first kappa shape index (κ1) is 20.4. The Morgan fingerprint density at radius 1 is 1.19 bits per heavy atom. The number of hydrogen-bond donors (Lipinski definition) is 1. The van der Waals surface area contributed by atoms with Crippen LogP contribution in [-0.2, 0) is 17.7 Å². The Morgan fingerprint density at radius 2 is 1.96 bits per heavy atom. The molecule has 0 atom stereocenters. The fourth-order valence-electron chi connectivity index (χ4n) is 3.20. The molecule has 0 bridgehead atoms. The van der Waals surface area contributed by atoms with E-state index in [1.54, 1.807) is 14.2 Å². The number of rotatable bonds is 7. The summed E-state index contributed by atoms with van der Waals surface area (Å²) in [6.45, 7) is 9.20. The molecule has 6 nitrogen and oxygen atoms in total. The minimum atomic E-state index is -0.449. The normalized spacial score (nSPS) is 14.5. The number of hydrogen-bond acceptors (Lipinski definition) is 5. The Morgan fingerprint density at radius 3 is 2.62 bits per heavy atom. The van der Waals surface area contributed by atoms with Crippen molar-refractivity contribution >= 4 is 6.09 Å². The second kappa shape index (κ2) is 9.12. The second-order valence-corrected chi connectivity index (χ2v) is 7.60. The van der Waals surface area contributed by atoms with Gasteiger partial charge in [0.05, 0.1) is 14.2 Å². The molecular weight excluding hydrogens is 332 g/mol. The Balaban J connectivity index is 1.74. The number of fused-ring (bicyclic) bond motifs is 1. The van der Waals surface area contributed by atoms with E-state index < -0.39 is 5.60 Å². The summed E-state index contributed by atoms with van der Waals surface area (Å²) < 4.78 is 16.2. The van der Waals surface area contributed by atoms with Gasteiger partial charge in [0.1, 0.15) is 5.60 Å². The van der Waals surface area contributed by atoms with Gasteiger partial charge >= 0.3 is 6.09 Å². The van der Waals surface area contributed by atoms with Gasteiger partial charge in [-0.1, -0.05) is 6.07 Å². The van der Waals surface area contributed by atoms with Crippen LogP contribution in [0.15, 0.2) is 12.1 Å². The van der Waals surface area contributed by atoms with E-state index in [1.807, 2.05) is 26.8 Å². The molecule has 0 spiro atoms. The molecule has 0 fully saturated rings. The standard InChI is InChI=1S/C20H32N2O4/c1-20(2,3)26-19(23)21-11-6-7-12-22-13-10-16-15(14-22)8-9-17(24-4)18(16)25-5/h8-9H,6-7,10-14H2,1-5H3,(H,21,23). The molecule has 1 aromatic carbocycles. The lowest BCUT2D eigenvalue weighted by molar-refractivity contribution is 0.0526. The molecule has 0 aliphatic carbocycles. The van der Waals surface area contributed by atoms with Crippen LogP contribution in [0.1, 0.15) is 44.7 Å². The summed E-state index contributed by atoms with van der Waals surface area (Å²) in [4.78, 5) is 14.1. The molecule has 1 heterocycles. The molecule has 1 amide bonds. The summed E-state index contributed by atoms with van der Waals surface area (Å²) in [5.41, 5.74) is 2.12. The first-order chi connectivity index (χ1) is 12.3. The van der Waals surface area contributed by atoms with Crippen LogP contribution in [0.2, 0.25) is 0 Å². The smallest absolute Gasteiger partial charge is 0.407 e. The van der Waals surface area contributed by atoms with Crippen LogP contribution in [0, 0.1) is 0 Å². The number of methoxy groups -OCH3 is 2. The van der Waals surface area contributed by atoms with Gasteiger partial charge < -0.3 is 19.5 Å². The number of carbonyl (C=O) groups excluding carboxylic acids is 1. The minimum Gasteiger partial charge on any atom is -0.493 e. The largest absolute Gasteiger partial charge is 0.493 e. The molecule has 0 aromatic heterocycles. The van der Waals surface area contributed by atoms with E-state index in [0.717, 1.165) is 50.4 Å². The highest BCUT2D eigenvalue weighted by Gasteiger charge is 2.21. The predicted molar refractivity (Wildman–Crippen MR) is 102 cm³/mol. The molecule has 1 aromatic rings. The van der Waals surface area contributed by atoms with Crippen molar-refractivity contribution < 1.29 is 19.0 Å². The second-order valence-electron chi connectivity index (χ2n) is 7.60. The molecule has 1 aliphatic rings. The fourth-order valence-corrected chi connectivity index (χ4v) is 3.20. The number of ether oxygens (including phenoxy) is 3. The number of nitrogens with one attached hydrogen (secondary N) is 1. The minimum absolute atomic E-state index is 0.342. The summed E-state index contributed by atoms with van der Waals surface area (Å²) in [6, 6.07) is 4.11. The third kappa shape index (κ3) is 5.80. The Kier molecular flexibility index (Phi) is 7.14. The maximum absolute atomic E-state index is 11.6. The monoisotopic (exact) mass is 364 g/mol. The van der Waals surface area contributed by atoms with Crippen molar-refractivity contribution in [3.05, 3.63) is 23.3 Å². The summed E-state index contributed by atoms with van der Waals surface area (Å²) in [7, 11) is 3.37. The van der Waals surface area contributed by atoms with E-state index in [1.165, 1.54) is 11.1 Å². The highest BCUT2D eigenvalue weighted by molar-refractivity contribution is 5.67. The van der Waals surface area contributed by atoms with Crippen molar-refractivity contribution in [3.8, 4) is 11.5 Å². The number of nitrogens with zero attached hydrogens (tertiary/aromatic N) is 1. The number of carbonyl (C=O) groups is 1.